The van der Waals surface area contributed by atoms with Crippen molar-refractivity contribution < 1.29 is 19.8 Å². The average Bonchev–Trinajstić information content (AvgIpc) is 2.38. The van der Waals surface area contributed by atoms with E-state index in [1.165, 1.54) is 6.92 Å². The van der Waals surface area contributed by atoms with E-state index in [0.29, 0.717) is 18.4 Å². The highest BCUT2D eigenvalue weighted by Crippen LogP contribution is 2.17. The van der Waals surface area contributed by atoms with Crippen molar-refractivity contribution in [1.82, 2.24) is 5.32 Å². The Balaban J connectivity index is 2.81. The summed E-state index contributed by atoms with van der Waals surface area (Å²) in [5.41, 5.74) is -0.925. The lowest BCUT2D eigenvalue weighted by molar-refractivity contribution is -0.148. The van der Waals surface area contributed by atoms with Crippen molar-refractivity contribution in [2.75, 3.05) is 0 Å². The second-order valence-corrected chi connectivity index (χ2v) is 4.69. The largest absolute Gasteiger partial charge is 0.480 e. The molecule has 1 amide bonds. The minimum Gasteiger partial charge on any atom is -0.480 e. The second-order valence-electron chi connectivity index (χ2n) is 4.69. The van der Waals surface area contributed by atoms with Crippen LogP contribution in [0.4, 0.5) is 0 Å². The molecule has 0 aromatic heterocycles. The fraction of sp³-hybridized carbons (Fsp3) is 0.429. The van der Waals surface area contributed by atoms with Crippen molar-refractivity contribution in [2.45, 2.75) is 38.3 Å². The summed E-state index contributed by atoms with van der Waals surface area (Å²) < 4.78 is 0. The summed E-state index contributed by atoms with van der Waals surface area (Å²) in [6.45, 7) is 3.27. The average molecular weight is 265 g/mol. The third-order valence-corrected chi connectivity index (χ3v) is 2.98. The van der Waals surface area contributed by atoms with Crippen LogP contribution in [0.3, 0.4) is 0 Å². The van der Waals surface area contributed by atoms with Gasteiger partial charge in [0, 0.05) is 0 Å². The van der Waals surface area contributed by atoms with Crippen molar-refractivity contribution in [3.63, 3.8) is 0 Å². The zero-order valence-electron chi connectivity index (χ0n) is 11.1. The highest BCUT2D eigenvalue weighted by Gasteiger charge is 2.35. The molecule has 0 aliphatic carbocycles. The Morgan fingerprint density at radius 3 is 2.37 bits per heavy atom. The molecule has 0 aliphatic heterocycles. The number of rotatable bonds is 6. The van der Waals surface area contributed by atoms with Gasteiger partial charge in [0.05, 0.1) is 0 Å². The highest BCUT2D eigenvalue weighted by molar-refractivity contribution is 5.89. The number of nitrogens with one attached hydrogen (secondary N) is 1. The zero-order valence-corrected chi connectivity index (χ0v) is 11.1. The summed E-state index contributed by atoms with van der Waals surface area (Å²) in [4.78, 5) is 23.1. The van der Waals surface area contributed by atoms with E-state index in [-0.39, 0.29) is 0 Å². The SMILES string of the molecule is CCCC(C)(NC(=O)C(O)c1ccccc1)C(=O)O. The zero-order chi connectivity index (χ0) is 14.5. The number of amides is 1. The lowest BCUT2D eigenvalue weighted by Gasteiger charge is -2.27. The molecule has 0 fully saturated rings. The maximum atomic E-state index is 11.9. The number of aliphatic hydroxyl groups excluding tert-OH is 1. The smallest absolute Gasteiger partial charge is 0.329 e. The van der Waals surface area contributed by atoms with Crippen molar-refractivity contribution in [3.05, 3.63) is 35.9 Å². The molecule has 0 aliphatic rings. The Morgan fingerprint density at radius 2 is 1.89 bits per heavy atom. The van der Waals surface area contributed by atoms with E-state index in [9.17, 15) is 14.7 Å². The van der Waals surface area contributed by atoms with E-state index in [2.05, 4.69) is 5.32 Å². The summed E-state index contributed by atoms with van der Waals surface area (Å²) in [5, 5.41) is 21.5. The Hall–Kier alpha value is -1.88. The third-order valence-electron chi connectivity index (χ3n) is 2.98. The first-order valence-electron chi connectivity index (χ1n) is 6.19. The topological polar surface area (TPSA) is 86.6 Å². The first kappa shape index (κ1) is 15.2. The van der Waals surface area contributed by atoms with Gasteiger partial charge >= 0.3 is 5.97 Å². The van der Waals surface area contributed by atoms with Crippen LogP contribution in [-0.4, -0.2) is 27.6 Å². The molecule has 3 N–H and O–H groups in total. The maximum absolute atomic E-state index is 11.9. The van der Waals surface area contributed by atoms with Gasteiger partial charge in [-0.15, -0.1) is 0 Å². The lowest BCUT2D eigenvalue weighted by Crippen LogP contribution is -2.53. The number of carbonyl (C=O) groups excluding carboxylic acids is 1. The Morgan fingerprint density at radius 1 is 1.32 bits per heavy atom. The molecule has 19 heavy (non-hydrogen) atoms. The van der Waals surface area contributed by atoms with Crippen LogP contribution in [0, 0.1) is 0 Å². The first-order chi connectivity index (χ1) is 8.90. The van der Waals surface area contributed by atoms with Gasteiger partial charge in [0.15, 0.2) is 6.10 Å². The van der Waals surface area contributed by atoms with Gasteiger partial charge in [-0.1, -0.05) is 43.7 Å². The summed E-state index contributed by atoms with van der Waals surface area (Å²) in [6.07, 6.45) is -0.447. The first-order valence-corrected chi connectivity index (χ1v) is 6.19. The molecule has 5 nitrogen and oxygen atoms in total. The van der Waals surface area contributed by atoms with E-state index in [4.69, 9.17) is 5.11 Å². The number of carboxylic acids is 1. The molecule has 0 radical (unpaired) electrons. The van der Waals surface area contributed by atoms with Crippen molar-refractivity contribution in [2.24, 2.45) is 0 Å². The maximum Gasteiger partial charge on any atom is 0.329 e. The number of carbonyl (C=O) groups is 2. The molecule has 0 spiro atoms. The van der Waals surface area contributed by atoms with Crippen LogP contribution in [0.1, 0.15) is 38.4 Å². The van der Waals surface area contributed by atoms with Crippen LogP contribution in [0.5, 0.6) is 0 Å². The van der Waals surface area contributed by atoms with Crippen LogP contribution < -0.4 is 5.32 Å². The molecule has 0 heterocycles. The molecule has 0 saturated carbocycles. The summed E-state index contributed by atoms with van der Waals surface area (Å²) >= 11 is 0. The van der Waals surface area contributed by atoms with Crippen LogP contribution in [0.2, 0.25) is 0 Å². The van der Waals surface area contributed by atoms with Gasteiger partial charge < -0.3 is 15.5 Å². The summed E-state index contributed by atoms with van der Waals surface area (Å²) in [5.74, 6) is -1.81. The van der Waals surface area contributed by atoms with E-state index in [1.54, 1.807) is 30.3 Å². The van der Waals surface area contributed by atoms with Gasteiger partial charge in [0.25, 0.3) is 5.91 Å². The van der Waals surface area contributed by atoms with E-state index < -0.39 is 23.5 Å². The van der Waals surface area contributed by atoms with Crippen molar-refractivity contribution in [1.29, 1.82) is 0 Å². The van der Waals surface area contributed by atoms with E-state index in [1.807, 2.05) is 6.92 Å². The van der Waals surface area contributed by atoms with Crippen molar-refractivity contribution >= 4 is 11.9 Å². The second kappa shape index (κ2) is 6.33. The predicted octanol–water partition coefficient (Wildman–Crippen LogP) is 1.48. The van der Waals surface area contributed by atoms with Crippen molar-refractivity contribution in [3.8, 4) is 0 Å². The monoisotopic (exact) mass is 265 g/mol. The van der Waals surface area contributed by atoms with Crippen LogP contribution in [-0.2, 0) is 9.59 Å². The number of hydrogen-bond donors (Lipinski definition) is 3. The predicted molar refractivity (Wildman–Crippen MR) is 70.5 cm³/mol. The van der Waals surface area contributed by atoms with Gasteiger partial charge in [-0.05, 0) is 18.9 Å². The van der Waals surface area contributed by atoms with Gasteiger partial charge in [-0.2, -0.15) is 0 Å². The van der Waals surface area contributed by atoms with Crippen LogP contribution in [0.15, 0.2) is 30.3 Å². The van der Waals surface area contributed by atoms with Crippen LogP contribution >= 0.6 is 0 Å². The fourth-order valence-electron chi connectivity index (χ4n) is 1.85. The summed E-state index contributed by atoms with van der Waals surface area (Å²) in [6, 6.07) is 8.40. The van der Waals surface area contributed by atoms with E-state index >= 15 is 0 Å². The lowest BCUT2D eigenvalue weighted by atomic mass is 9.95. The molecule has 1 rings (SSSR count). The molecule has 0 saturated heterocycles. The minimum atomic E-state index is -1.36. The van der Waals surface area contributed by atoms with Gasteiger partial charge in [-0.3, -0.25) is 4.79 Å². The standard InChI is InChI=1S/C14H19NO4/c1-3-9-14(2,13(18)19)15-12(17)11(16)10-7-5-4-6-8-10/h4-8,11,16H,3,9H2,1-2H3,(H,15,17)(H,18,19). The quantitative estimate of drug-likeness (QED) is 0.727. The highest BCUT2D eigenvalue weighted by atomic mass is 16.4. The Bertz CT molecular complexity index is 446. The molecule has 2 atom stereocenters. The molecular weight excluding hydrogens is 246 g/mol. The van der Waals surface area contributed by atoms with E-state index in [0.717, 1.165) is 0 Å². The number of hydrogen-bond acceptors (Lipinski definition) is 3. The molecule has 1 aromatic carbocycles. The fourth-order valence-corrected chi connectivity index (χ4v) is 1.85. The minimum absolute atomic E-state index is 0.301. The van der Waals surface area contributed by atoms with Gasteiger partial charge in [0.1, 0.15) is 5.54 Å². The molecule has 2 unspecified atom stereocenters. The third kappa shape index (κ3) is 3.79. The molecule has 1 aromatic rings. The van der Waals surface area contributed by atoms with Gasteiger partial charge in [0.2, 0.25) is 0 Å². The number of carboxylic acid groups (broad SMARTS) is 1. The Labute approximate surface area is 112 Å². The van der Waals surface area contributed by atoms with Gasteiger partial charge in [-0.25, -0.2) is 4.79 Å². The molecule has 5 heteroatoms. The molecular formula is C14H19NO4. The van der Waals surface area contributed by atoms with Crippen LogP contribution in [0.25, 0.3) is 0 Å². The summed E-state index contributed by atoms with van der Waals surface area (Å²) in [7, 11) is 0. The number of aliphatic hydroxyl groups is 1. The number of benzene rings is 1. The number of aliphatic carboxylic acids is 1. The molecule has 104 valence electrons. The normalized spacial score (nSPS) is 15.3. The molecule has 0 bridgehead atoms. The Kier molecular flexibility index (Phi) is 5.06.